The Morgan fingerprint density at radius 2 is 1.87 bits per heavy atom. The van der Waals surface area contributed by atoms with Crippen LogP contribution in [0.4, 0.5) is 0 Å². The Kier molecular flexibility index (Phi) is 6.62. The van der Waals surface area contributed by atoms with Gasteiger partial charge in [0.25, 0.3) is 5.91 Å². The molecule has 1 aliphatic heterocycles. The zero-order valence-corrected chi connectivity index (χ0v) is 22.1. The van der Waals surface area contributed by atoms with Crippen molar-refractivity contribution < 1.29 is 19.0 Å². The fourth-order valence-corrected chi connectivity index (χ4v) is 5.46. The number of hydrogen-bond acceptors (Lipinski definition) is 6. The van der Waals surface area contributed by atoms with E-state index in [0.29, 0.717) is 40.2 Å². The third-order valence-electron chi connectivity index (χ3n) is 6.41. The van der Waals surface area contributed by atoms with Crippen molar-refractivity contribution in [2.45, 2.75) is 13.1 Å². The van der Waals surface area contributed by atoms with E-state index in [-0.39, 0.29) is 12.7 Å². The smallest absolute Gasteiger partial charge is 0.264 e. The highest BCUT2D eigenvalue weighted by Gasteiger charge is 2.23. The standard InChI is InChI=1S/C30H23ClN2O4S/c1-35-25-6-3-2-5-23(25)29-21(14-20-9-10-22(31)15-24(20)32-29)17-33(30(34)28-7-4-12-38-28)16-19-8-11-26-27(13-19)37-18-36-26/h2-15H,16-18H2,1H3. The molecule has 0 N–H and O–H groups in total. The maximum Gasteiger partial charge on any atom is 0.264 e. The first kappa shape index (κ1) is 24.3. The fraction of sp³-hybridized carbons (Fsp3) is 0.133. The second kappa shape index (κ2) is 10.4. The van der Waals surface area contributed by atoms with Crippen molar-refractivity contribution >= 4 is 39.7 Å². The second-order valence-corrected chi connectivity index (χ2v) is 10.2. The highest BCUT2D eigenvalue weighted by Crippen LogP contribution is 2.36. The summed E-state index contributed by atoms with van der Waals surface area (Å²) in [6.07, 6.45) is 0. The highest BCUT2D eigenvalue weighted by atomic mass is 35.5. The van der Waals surface area contributed by atoms with E-state index in [1.807, 2.05) is 83.1 Å². The monoisotopic (exact) mass is 542 g/mol. The number of halogens is 1. The maximum absolute atomic E-state index is 13.7. The average Bonchev–Trinajstić information content (AvgIpc) is 3.64. The highest BCUT2D eigenvalue weighted by molar-refractivity contribution is 7.12. The maximum atomic E-state index is 13.7. The third kappa shape index (κ3) is 4.78. The lowest BCUT2D eigenvalue weighted by atomic mass is 10.0. The molecule has 0 fully saturated rings. The molecule has 0 radical (unpaired) electrons. The Morgan fingerprint density at radius 3 is 2.71 bits per heavy atom. The summed E-state index contributed by atoms with van der Waals surface area (Å²) >= 11 is 7.72. The number of nitrogens with zero attached hydrogens (tertiary/aromatic N) is 2. The molecule has 0 atom stereocenters. The van der Waals surface area contributed by atoms with Crippen molar-refractivity contribution in [3.05, 3.63) is 105 Å². The van der Waals surface area contributed by atoms with Gasteiger partial charge in [0.1, 0.15) is 5.75 Å². The second-order valence-electron chi connectivity index (χ2n) is 8.86. The molecular weight excluding hydrogens is 520 g/mol. The van der Waals surface area contributed by atoms with Crippen LogP contribution in [-0.4, -0.2) is 29.7 Å². The first-order valence-corrected chi connectivity index (χ1v) is 13.3. The van der Waals surface area contributed by atoms with Crippen LogP contribution in [0.5, 0.6) is 17.2 Å². The molecule has 1 amide bonds. The Hall–Kier alpha value is -4.07. The van der Waals surface area contributed by atoms with Crippen LogP contribution in [0.25, 0.3) is 22.2 Å². The lowest BCUT2D eigenvalue weighted by molar-refractivity contribution is 0.0735. The van der Waals surface area contributed by atoms with E-state index in [2.05, 4.69) is 6.07 Å². The van der Waals surface area contributed by atoms with Gasteiger partial charge >= 0.3 is 0 Å². The van der Waals surface area contributed by atoms with E-state index in [9.17, 15) is 4.79 Å². The van der Waals surface area contributed by atoms with E-state index in [1.54, 1.807) is 7.11 Å². The molecule has 3 aromatic carbocycles. The molecule has 3 heterocycles. The van der Waals surface area contributed by atoms with Gasteiger partial charge in [-0.25, -0.2) is 4.98 Å². The number of methoxy groups -OCH3 is 1. The number of thiophene rings is 1. The summed E-state index contributed by atoms with van der Waals surface area (Å²) in [5.41, 5.74) is 4.20. The van der Waals surface area contributed by atoms with Crippen LogP contribution < -0.4 is 14.2 Å². The lowest BCUT2D eigenvalue weighted by Crippen LogP contribution is -2.30. The van der Waals surface area contributed by atoms with Crippen LogP contribution in [0.15, 0.2) is 84.2 Å². The van der Waals surface area contributed by atoms with Crippen molar-refractivity contribution in [3.8, 4) is 28.5 Å². The number of fused-ring (bicyclic) bond motifs is 2. The number of rotatable bonds is 7. The molecule has 38 heavy (non-hydrogen) atoms. The summed E-state index contributed by atoms with van der Waals surface area (Å²) in [7, 11) is 1.64. The Morgan fingerprint density at radius 1 is 1.00 bits per heavy atom. The van der Waals surface area contributed by atoms with Crippen LogP contribution >= 0.6 is 22.9 Å². The van der Waals surface area contributed by atoms with Crippen molar-refractivity contribution in [3.63, 3.8) is 0 Å². The van der Waals surface area contributed by atoms with E-state index in [0.717, 1.165) is 33.3 Å². The predicted molar refractivity (Wildman–Crippen MR) is 149 cm³/mol. The molecule has 6 rings (SSSR count). The third-order valence-corrected chi connectivity index (χ3v) is 7.50. The molecule has 1 aliphatic rings. The van der Waals surface area contributed by atoms with Gasteiger partial charge in [0.05, 0.1) is 23.2 Å². The molecular formula is C30H23ClN2O4S. The number of carbonyl (C=O) groups is 1. The van der Waals surface area contributed by atoms with E-state index in [1.165, 1.54) is 11.3 Å². The van der Waals surface area contributed by atoms with Gasteiger partial charge in [0.15, 0.2) is 11.5 Å². The van der Waals surface area contributed by atoms with Crippen molar-refractivity contribution in [2.24, 2.45) is 0 Å². The number of aromatic nitrogens is 1. The summed E-state index contributed by atoms with van der Waals surface area (Å²) in [5, 5.41) is 3.46. The van der Waals surface area contributed by atoms with Gasteiger partial charge in [0, 0.05) is 29.1 Å². The van der Waals surface area contributed by atoms with Gasteiger partial charge < -0.3 is 19.1 Å². The minimum Gasteiger partial charge on any atom is -0.496 e. The number of amides is 1. The molecule has 0 saturated heterocycles. The van der Waals surface area contributed by atoms with Gasteiger partial charge in [-0.2, -0.15) is 0 Å². The first-order chi connectivity index (χ1) is 18.6. The molecule has 0 spiro atoms. The zero-order valence-electron chi connectivity index (χ0n) is 20.5. The first-order valence-electron chi connectivity index (χ1n) is 12.0. The minimum absolute atomic E-state index is 0.0557. The van der Waals surface area contributed by atoms with Gasteiger partial charge in [0.2, 0.25) is 6.79 Å². The van der Waals surface area contributed by atoms with Gasteiger partial charge in [-0.1, -0.05) is 41.9 Å². The molecule has 0 saturated carbocycles. The minimum atomic E-state index is -0.0557. The van der Waals surface area contributed by atoms with E-state index in [4.69, 9.17) is 30.8 Å². The zero-order chi connectivity index (χ0) is 26.1. The summed E-state index contributed by atoms with van der Waals surface area (Å²) in [4.78, 5) is 21.3. The van der Waals surface area contributed by atoms with Crippen LogP contribution in [0, 0.1) is 0 Å². The van der Waals surface area contributed by atoms with Gasteiger partial charge in [-0.15, -0.1) is 11.3 Å². The topological polar surface area (TPSA) is 60.9 Å². The van der Waals surface area contributed by atoms with E-state index < -0.39 is 0 Å². The molecule has 5 aromatic rings. The van der Waals surface area contributed by atoms with Crippen LogP contribution in [0.1, 0.15) is 20.8 Å². The summed E-state index contributed by atoms with van der Waals surface area (Å²) in [5.74, 6) is 2.04. The molecule has 0 unspecified atom stereocenters. The Labute approximate surface area is 229 Å². The SMILES string of the molecule is COc1ccccc1-c1nc2cc(Cl)ccc2cc1CN(Cc1ccc2c(c1)OCO2)C(=O)c1cccs1. The summed E-state index contributed by atoms with van der Waals surface area (Å²) in [6.45, 7) is 0.924. The van der Waals surface area contributed by atoms with Crippen molar-refractivity contribution in [1.82, 2.24) is 9.88 Å². The van der Waals surface area contributed by atoms with E-state index >= 15 is 0 Å². The molecule has 8 heteroatoms. The van der Waals surface area contributed by atoms with Crippen LogP contribution in [0.3, 0.4) is 0 Å². The predicted octanol–water partition coefficient (Wildman–Crippen LogP) is 7.20. The number of carbonyl (C=O) groups excluding carboxylic acids is 1. The average molecular weight is 543 g/mol. The lowest BCUT2D eigenvalue weighted by Gasteiger charge is -2.24. The molecule has 0 bridgehead atoms. The fourth-order valence-electron chi connectivity index (χ4n) is 4.60. The number of hydrogen-bond donors (Lipinski definition) is 0. The molecule has 2 aromatic heterocycles. The number of benzene rings is 3. The number of para-hydroxylation sites is 1. The number of pyridine rings is 1. The Balaban J connectivity index is 1.45. The largest absolute Gasteiger partial charge is 0.496 e. The summed E-state index contributed by atoms with van der Waals surface area (Å²) < 4.78 is 16.7. The normalized spacial score (nSPS) is 12.1. The van der Waals surface area contributed by atoms with Gasteiger partial charge in [-0.3, -0.25) is 4.79 Å². The van der Waals surface area contributed by atoms with Crippen LogP contribution in [0.2, 0.25) is 5.02 Å². The van der Waals surface area contributed by atoms with Crippen molar-refractivity contribution in [2.75, 3.05) is 13.9 Å². The van der Waals surface area contributed by atoms with Crippen LogP contribution in [-0.2, 0) is 13.1 Å². The van der Waals surface area contributed by atoms with Gasteiger partial charge in [-0.05, 0) is 65.0 Å². The number of ether oxygens (including phenoxy) is 3. The summed E-state index contributed by atoms with van der Waals surface area (Å²) in [6, 6.07) is 25.0. The van der Waals surface area contributed by atoms with Crippen molar-refractivity contribution in [1.29, 1.82) is 0 Å². The Bertz CT molecular complexity index is 1640. The quantitative estimate of drug-likeness (QED) is 0.218. The molecule has 0 aliphatic carbocycles. The molecule has 190 valence electrons. The molecule has 6 nitrogen and oxygen atoms in total.